The highest BCUT2D eigenvalue weighted by atomic mass is 16.5. The first-order chi connectivity index (χ1) is 8.27. The van der Waals surface area contributed by atoms with Crippen LogP contribution < -0.4 is 11.1 Å². The van der Waals surface area contributed by atoms with E-state index in [0.29, 0.717) is 12.0 Å². The molecule has 0 aromatic carbocycles. The molecule has 102 valence electrons. The Kier molecular flexibility index (Phi) is 7.77. The molecule has 1 heterocycles. The second-order valence-corrected chi connectivity index (χ2v) is 4.92. The van der Waals surface area contributed by atoms with Crippen molar-refractivity contribution in [2.45, 2.75) is 44.8 Å². The molecule has 1 aliphatic rings. The molecule has 1 fully saturated rings. The van der Waals surface area contributed by atoms with E-state index in [-0.39, 0.29) is 6.04 Å². The molecule has 0 saturated carbocycles. The fourth-order valence-corrected chi connectivity index (χ4v) is 2.42. The van der Waals surface area contributed by atoms with Gasteiger partial charge in [-0.25, -0.2) is 0 Å². The molecule has 1 aliphatic heterocycles. The van der Waals surface area contributed by atoms with E-state index in [2.05, 4.69) is 12.2 Å². The van der Waals surface area contributed by atoms with Crippen molar-refractivity contribution >= 4 is 0 Å². The summed E-state index contributed by atoms with van der Waals surface area (Å²) in [5.74, 6) is 0.672. The summed E-state index contributed by atoms with van der Waals surface area (Å²) in [6.45, 7) is 5.86. The van der Waals surface area contributed by atoms with Gasteiger partial charge >= 0.3 is 0 Å². The van der Waals surface area contributed by atoms with E-state index in [4.69, 9.17) is 15.2 Å². The smallest absolute Gasteiger partial charge is 0.0613 e. The Labute approximate surface area is 105 Å². The van der Waals surface area contributed by atoms with E-state index in [9.17, 15) is 0 Å². The van der Waals surface area contributed by atoms with Crippen molar-refractivity contribution in [2.24, 2.45) is 11.7 Å². The Hall–Kier alpha value is -0.160. The largest absolute Gasteiger partial charge is 0.385 e. The summed E-state index contributed by atoms with van der Waals surface area (Å²) >= 11 is 0. The van der Waals surface area contributed by atoms with Gasteiger partial charge in [0, 0.05) is 39.5 Å². The fraction of sp³-hybridized carbons (Fsp3) is 1.00. The molecule has 0 aromatic rings. The van der Waals surface area contributed by atoms with Crippen molar-refractivity contribution in [3.63, 3.8) is 0 Å². The minimum atomic E-state index is 0.243. The zero-order valence-electron chi connectivity index (χ0n) is 11.3. The normalized spacial score (nSPS) is 26.3. The molecular weight excluding hydrogens is 216 g/mol. The van der Waals surface area contributed by atoms with Crippen LogP contribution >= 0.6 is 0 Å². The summed E-state index contributed by atoms with van der Waals surface area (Å²) in [5, 5.41) is 3.47. The van der Waals surface area contributed by atoms with Crippen molar-refractivity contribution < 1.29 is 9.47 Å². The van der Waals surface area contributed by atoms with Crippen LogP contribution in [-0.4, -0.2) is 45.6 Å². The number of methoxy groups -OCH3 is 1. The van der Waals surface area contributed by atoms with Gasteiger partial charge in [0.2, 0.25) is 0 Å². The maximum absolute atomic E-state index is 6.02. The third kappa shape index (κ3) is 5.82. The van der Waals surface area contributed by atoms with Crippen LogP contribution in [0.2, 0.25) is 0 Å². The summed E-state index contributed by atoms with van der Waals surface area (Å²) in [7, 11) is 1.73. The van der Waals surface area contributed by atoms with Gasteiger partial charge in [-0.3, -0.25) is 0 Å². The minimum absolute atomic E-state index is 0.243. The second-order valence-electron chi connectivity index (χ2n) is 4.92. The van der Waals surface area contributed by atoms with Crippen LogP contribution in [0, 0.1) is 5.92 Å². The standard InChI is InChI=1S/C13H28N2O2/c1-3-13-11(6-8-17-13)9-15-10-12(14)5-4-7-16-2/h11-13,15H,3-10,14H2,1-2H3. The number of nitrogens with two attached hydrogens (primary N) is 1. The first-order valence-electron chi connectivity index (χ1n) is 6.84. The molecule has 0 aromatic heterocycles. The molecule has 4 nitrogen and oxygen atoms in total. The fourth-order valence-electron chi connectivity index (χ4n) is 2.42. The highest BCUT2D eigenvalue weighted by Gasteiger charge is 2.26. The van der Waals surface area contributed by atoms with Crippen molar-refractivity contribution in [2.75, 3.05) is 33.4 Å². The Morgan fingerprint density at radius 3 is 3.06 bits per heavy atom. The van der Waals surface area contributed by atoms with Gasteiger partial charge in [-0.15, -0.1) is 0 Å². The SMILES string of the molecule is CCC1OCCC1CNCC(N)CCCOC. The average molecular weight is 244 g/mol. The van der Waals surface area contributed by atoms with Gasteiger partial charge < -0.3 is 20.5 Å². The quantitative estimate of drug-likeness (QED) is 0.597. The molecule has 0 spiro atoms. The Morgan fingerprint density at radius 1 is 1.53 bits per heavy atom. The molecule has 3 atom stereocenters. The van der Waals surface area contributed by atoms with Gasteiger partial charge in [0.15, 0.2) is 0 Å². The first kappa shape index (κ1) is 14.9. The zero-order valence-corrected chi connectivity index (χ0v) is 11.3. The number of rotatable bonds is 9. The lowest BCUT2D eigenvalue weighted by atomic mass is 9.99. The summed E-state index contributed by atoms with van der Waals surface area (Å²) < 4.78 is 10.7. The molecule has 1 rings (SSSR count). The van der Waals surface area contributed by atoms with Gasteiger partial charge in [-0.2, -0.15) is 0 Å². The van der Waals surface area contributed by atoms with Crippen LogP contribution in [0.25, 0.3) is 0 Å². The third-order valence-corrected chi connectivity index (χ3v) is 3.49. The molecule has 0 amide bonds. The molecular formula is C13H28N2O2. The second kappa shape index (κ2) is 8.86. The lowest BCUT2D eigenvalue weighted by Gasteiger charge is -2.19. The lowest BCUT2D eigenvalue weighted by molar-refractivity contribution is 0.0872. The maximum atomic E-state index is 6.02. The summed E-state index contributed by atoms with van der Waals surface area (Å²) in [5.41, 5.74) is 6.02. The molecule has 4 heteroatoms. The first-order valence-corrected chi connectivity index (χ1v) is 6.84. The molecule has 1 saturated heterocycles. The van der Waals surface area contributed by atoms with E-state index in [1.165, 1.54) is 6.42 Å². The van der Waals surface area contributed by atoms with Crippen LogP contribution in [0.4, 0.5) is 0 Å². The zero-order chi connectivity index (χ0) is 12.5. The average Bonchev–Trinajstić information content (AvgIpc) is 2.77. The van der Waals surface area contributed by atoms with Gasteiger partial charge in [0.25, 0.3) is 0 Å². The van der Waals surface area contributed by atoms with Crippen LogP contribution in [0.3, 0.4) is 0 Å². The van der Waals surface area contributed by atoms with Crippen LogP contribution in [0.1, 0.15) is 32.6 Å². The van der Waals surface area contributed by atoms with E-state index in [1.54, 1.807) is 7.11 Å². The molecule has 3 unspecified atom stereocenters. The van der Waals surface area contributed by atoms with Gasteiger partial charge in [-0.1, -0.05) is 6.92 Å². The highest BCUT2D eigenvalue weighted by molar-refractivity contribution is 4.77. The molecule has 0 radical (unpaired) electrons. The van der Waals surface area contributed by atoms with Crippen molar-refractivity contribution in [3.05, 3.63) is 0 Å². The van der Waals surface area contributed by atoms with Crippen molar-refractivity contribution in [3.8, 4) is 0 Å². The Morgan fingerprint density at radius 2 is 2.35 bits per heavy atom. The summed E-state index contributed by atoms with van der Waals surface area (Å²) in [6, 6.07) is 0.243. The topological polar surface area (TPSA) is 56.5 Å². The van der Waals surface area contributed by atoms with Crippen LogP contribution in [0.5, 0.6) is 0 Å². The van der Waals surface area contributed by atoms with E-state index in [1.807, 2.05) is 0 Å². The highest BCUT2D eigenvalue weighted by Crippen LogP contribution is 2.22. The van der Waals surface area contributed by atoms with E-state index >= 15 is 0 Å². The summed E-state index contributed by atoms with van der Waals surface area (Å²) in [4.78, 5) is 0. The molecule has 17 heavy (non-hydrogen) atoms. The van der Waals surface area contributed by atoms with Gasteiger partial charge in [0.1, 0.15) is 0 Å². The van der Waals surface area contributed by atoms with Gasteiger partial charge in [-0.05, 0) is 31.6 Å². The van der Waals surface area contributed by atoms with Crippen LogP contribution in [-0.2, 0) is 9.47 Å². The number of nitrogens with one attached hydrogen (secondary N) is 1. The number of hydrogen-bond acceptors (Lipinski definition) is 4. The predicted molar refractivity (Wildman–Crippen MR) is 70.1 cm³/mol. The van der Waals surface area contributed by atoms with E-state index in [0.717, 1.165) is 45.6 Å². The summed E-state index contributed by atoms with van der Waals surface area (Å²) in [6.07, 6.45) is 4.83. The molecule has 3 N–H and O–H groups in total. The minimum Gasteiger partial charge on any atom is -0.385 e. The maximum Gasteiger partial charge on any atom is 0.0613 e. The Bertz CT molecular complexity index is 190. The van der Waals surface area contributed by atoms with Crippen LogP contribution in [0.15, 0.2) is 0 Å². The third-order valence-electron chi connectivity index (χ3n) is 3.49. The van der Waals surface area contributed by atoms with Crippen molar-refractivity contribution in [1.29, 1.82) is 0 Å². The number of hydrogen-bond donors (Lipinski definition) is 2. The lowest BCUT2D eigenvalue weighted by Crippen LogP contribution is -2.37. The molecule has 0 aliphatic carbocycles. The van der Waals surface area contributed by atoms with Crippen molar-refractivity contribution in [1.82, 2.24) is 5.32 Å². The van der Waals surface area contributed by atoms with E-state index < -0.39 is 0 Å². The monoisotopic (exact) mass is 244 g/mol. The number of ether oxygens (including phenoxy) is 2. The predicted octanol–water partition coefficient (Wildman–Crippen LogP) is 1.15. The molecule has 0 bridgehead atoms. The Balaban J connectivity index is 2.02. The van der Waals surface area contributed by atoms with Gasteiger partial charge in [0.05, 0.1) is 6.10 Å².